The number of rotatable bonds is 12. The third-order valence-corrected chi connectivity index (χ3v) is 10.9. The molecule has 0 aromatic rings. The van der Waals surface area contributed by atoms with Crippen molar-refractivity contribution in [3.63, 3.8) is 0 Å². The van der Waals surface area contributed by atoms with E-state index in [4.69, 9.17) is 14.0 Å². The van der Waals surface area contributed by atoms with E-state index in [2.05, 4.69) is 39.7 Å². The van der Waals surface area contributed by atoms with Gasteiger partial charge in [-0.15, -0.1) is 0 Å². The number of ether oxygens (including phenoxy) is 1. The molecule has 1 unspecified atom stereocenters. The second kappa shape index (κ2) is 10.8. The molecular formula is C17H34O5Si2. The van der Waals surface area contributed by atoms with Gasteiger partial charge in [0.05, 0.1) is 6.61 Å². The minimum Gasteiger partial charge on any atom is -0.478 e. The first-order valence-electron chi connectivity index (χ1n) is 8.76. The Hall–Kier alpha value is -0.926. The summed E-state index contributed by atoms with van der Waals surface area (Å²) in [6.07, 6.45) is 7.18. The highest BCUT2D eigenvalue weighted by molar-refractivity contribution is 6.85. The second-order valence-corrected chi connectivity index (χ2v) is 16.7. The van der Waals surface area contributed by atoms with E-state index < -0.39 is 28.6 Å². The summed E-state index contributed by atoms with van der Waals surface area (Å²) in [5, 5.41) is 8.51. The third kappa shape index (κ3) is 11.6. The van der Waals surface area contributed by atoms with Crippen LogP contribution in [-0.4, -0.2) is 40.3 Å². The molecule has 0 aliphatic carbocycles. The number of hydrogen-bond donors (Lipinski definition) is 1. The summed E-state index contributed by atoms with van der Waals surface area (Å²) in [4.78, 5) is 21.9. The number of aliphatic carboxylic acids is 1. The standard InChI is InChI=1S/C17H34O5Si2/c1-7-8-9-10-15(24(5,6)22-23(2,3)4)13-14-21-17(20)12-11-16(18)19/h11-12,15H,7-10,13-14H2,1-6H3,(H,18,19)/b12-11+. The summed E-state index contributed by atoms with van der Waals surface area (Å²) < 4.78 is 11.6. The van der Waals surface area contributed by atoms with Crippen LogP contribution < -0.4 is 0 Å². The van der Waals surface area contributed by atoms with Crippen molar-refractivity contribution in [1.29, 1.82) is 0 Å². The van der Waals surface area contributed by atoms with Crippen molar-refractivity contribution >= 4 is 28.6 Å². The van der Waals surface area contributed by atoms with Crippen LogP contribution in [0.3, 0.4) is 0 Å². The molecule has 5 nitrogen and oxygen atoms in total. The molecule has 0 saturated heterocycles. The van der Waals surface area contributed by atoms with Crippen LogP contribution >= 0.6 is 0 Å². The SMILES string of the molecule is CCCCCC(CCOC(=O)/C=C/C(=O)O)[Si](C)(C)O[Si](C)(C)C. The highest BCUT2D eigenvalue weighted by atomic mass is 28.4. The number of carbonyl (C=O) groups excluding carboxylic acids is 1. The zero-order valence-electron chi connectivity index (χ0n) is 16.1. The summed E-state index contributed by atoms with van der Waals surface area (Å²) >= 11 is 0. The fourth-order valence-electron chi connectivity index (χ4n) is 2.84. The Labute approximate surface area is 148 Å². The van der Waals surface area contributed by atoms with Crippen LogP contribution in [0.4, 0.5) is 0 Å². The molecule has 0 aromatic heterocycles. The quantitative estimate of drug-likeness (QED) is 0.234. The first kappa shape index (κ1) is 23.1. The van der Waals surface area contributed by atoms with E-state index in [1.165, 1.54) is 19.3 Å². The lowest BCUT2D eigenvalue weighted by molar-refractivity contribution is -0.138. The van der Waals surface area contributed by atoms with Gasteiger partial charge in [-0.05, 0) is 44.7 Å². The minimum absolute atomic E-state index is 0.311. The largest absolute Gasteiger partial charge is 0.478 e. The lowest BCUT2D eigenvalue weighted by Gasteiger charge is -2.38. The number of carbonyl (C=O) groups is 2. The Morgan fingerprint density at radius 2 is 1.67 bits per heavy atom. The van der Waals surface area contributed by atoms with E-state index in [1.54, 1.807) is 0 Å². The molecule has 0 bridgehead atoms. The van der Waals surface area contributed by atoms with Gasteiger partial charge >= 0.3 is 11.9 Å². The molecule has 1 N–H and O–H groups in total. The number of carboxylic acid groups (broad SMARTS) is 1. The summed E-state index contributed by atoms with van der Waals surface area (Å²) in [6, 6.07) is 0. The van der Waals surface area contributed by atoms with E-state index >= 15 is 0 Å². The minimum atomic E-state index is -1.87. The fraction of sp³-hybridized carbons (Fsp3) is 0.765. The van der Waals surface area contributed by atoms with E-state index in [0.717, 1.165) is 25.0 Å². The monoisotopic (exact) mass is 374 g/mol. The van der Waals surface area contributed by atoms with Crippen LogP contribution in [0.2, 0.25) is 38.3 Å². The number of hydrogen-bond acceptors (Lipinski definition) is 4. The fourth-order valence-corrected chi connectivity index (χ4v) is 11.5. The van der Waals surface area contributed by atoms with Crippen LogP contribution in [0.5, 0.6) is 0 Å². The van der Waals surface area contributed by atoms with E-state index in [9.17, 15) is 9.59 Å². The van der Waals surface area contributed by atoms with Crippen LogP contribution in [0.25, 0.3) is 0 Å². The van der Waals surface area contributed by atoms with Crippen molar-refractivity contribution in [2.75, 3.05) is 6.61 Å². The van der Waals surface area contributed by atoms with Crippen molar-refractivity contribution in [3.05, 3.63) is 12.2 Å². The summed E-state index contributed by atoms with van der Waals surface area (Å²) in [5.41, 5.74) is 0.437. The number of unbranched alkanes of at least 4 members (excludes halogenated alkanes) is 2. The Balaban J connectivity index is 4.66. The predicted octanol–water partition coefficient (Wildman–Crippen LogP) is 4.57. The molecule has 24 heavy (non-hydrogen) atoms. The van der Waals surface area contributed by atoms with Gasteiger partial charge in [0.15, 0.2) is 16.6 Å². The number of carboxylic acids is 1. The smallest absolute Gasteiger partial charge is 0.331 e. The molecule has 0 rings (SSSR count). The predicted molar refractivity (Wildman–Crippen MR) is 102 cm³/mol. The average Bonchev–Trinajstić information content (AvgIpc) is 2.40. The van der Waals surface area contributed by atoms with Crippen molar-refractivity contribution < 1.29 is 23.5 Å². The maximum absolute atomic E-state index is 11.5. The lowest BCUT2D eigenvalue weighted by Crippen LogP contribution is -2.46. The van der Waals surface area contributed by atoms with E-state index in [0.29, 0.717) is 12.1 Å². The zero-order chi connectivity index (χ0) is 18.8. The van der Waals surface area contributed by atoms with Gasteiger partial charge in [-0.3, -0.25) is 0 Å². The third-order valence-electron chi connectivity index (χ3n) is 3.78. The normalized spacial score (nSPS) is 13.9. The maximum Gasteiger partial charge on any atom is 0.331 e. The Kier molecular flexibility index (Phi) is 10.4. The van der Waals surface area contributed by atoms with Crippen LogP contribution in [0.1, 0.15) is 39.0 Å². The van der Waals surface area contributed by atoms with Gasteiger partial charge in [0.1, 0.15) is 0 Å². The summed E-state index contributed by atoms with van der Waals surface area (Å²) in [5.74, 6) is -1.75. The molecule has 0 spiro atoms. The molecule has 0 radical (unpaired) electrons. The van der Waals surface area contributed by atoms with Gasteiger partial charge in [0.2, 0.25) is 0 Å². The van der Waals surface area contributed by atoms with Gasteiger partial charge in [0, 0.05) is 12.2 Å². The highest BCUT2D eigenvalue weighted by Crippen LogP contribution is 2.34. The van der Waals surface area contributed by atoms with Gasteiger partial charge in [0.25, 0.3) is 0 Å². The van der Waals surface area contributed by atoms with Crippen LogP contribution in [0.15, 0.2) is 12.2 Å². The molecular weight excluding hydrogens is 340 g/mol. The molecule has 0 saturated carbocycles. The van der Waals surface area contributed by atoms with Crippen molar-refractivity contribution in [2.24, 2.45) is 0 Å². The first-order chi connectivity index (χ1) is 11.0. The first-order valence-corrected chi connectivity index (χ1v) is 15.1. The molecule has 0 amide bonds. The average molecular weight is 375 g/mol. The molecule has 0 heterocycles. The van der Waals surface area contributed by atoms with Gasteiger partial charge in [-0.1, -0.05) is 32.6 Å². The van der Waals surface area contributed by atoms with Gasteiger partial charge < -0.3 is 14.0 Å². The van der Waals surface area contributed by atoms with Gasteiger partial charge in [-0.25, -0.2) is 9.59 Å². The molecule has 0 aliphatic rings. The molecule has 0 aliphatic heterocycles. The van der Waals surface area contributed by atoms with Crippen molar-refractivity contribution in [2.45, 2.75) is 77.3 Å². The number of esters is 1. The Morgan fingerprint density at radius 3 is 2.17 bits per heavy atom. The maximum atomic E-state index is 11.5. The van der Waals surface area contributed by atoms with E-state index in [-0.39, 0.29) is 0 Å². The van der Waals surface area contributed by atoms with Crippen LogP contribution in [0, 0.1) is 0 Å². The Bertz CT molecular complexity index is 427. The highest BCUT2D eigenvalue weighted by Gasteiger charge is 2.37. The lowest BCUT2D eigenvalue weighted by atomic mass is 10.1. The molecule has 7 heteroatoms. The van der Waals surface area contributed by atoms with Crippen molar-refractivity contribution in [3.8, 4) is 0 Å². The summed E-state index contributed by atoms with van der Waals surface area (Å²) in [6.45, 7) is 13.6. The molecule has 140 valence electrons. The van der Waals surface area contributed by atoms with Gasteiger partial charge in [-0.2, -0.15) is 0 Å². The molecule has 0 aromatic carbocycles. The second-order valence-electron chi connectivity index (χ2n) is 7.64. The Morgan fingerprint density at radius 1 is 1.04 bits per heavy atom. The van der Waals surface area contributed by atoms with Crippen LogP contribution in [-0.2, 0) is 18.4 Å². The summed E-state index contributed by atoms with van der Waals surface area (Å²) in [7, 11) is -3.48. The molecule has 0 fully saturated rings. The topological polar surface area (TPSA) is 72.8 Å². The van der Waals surface area contributed by atoms with E-state index in [1.807, 2.05) is 0 Å². The molecule has 1 atom stereocenters. The zero-order valence-corrected chi connectivity index (χ0v) is 18.1. The van der Waals surface area contributed by atoms with Crippen molar-refractivity contribution in [1.82, 2.24) is 0 Å².